The van der Waals surface area contributed by atoms with Crippen LogP contribution in [0.5, 0.6) is 0 Å². The van der Waals surface area contributed by atoms with Gasteiger partial charge in [0.05, 0.1) is 4.92 Å². The summed E-state index contributed by atoms with van der Waals surface area (Å²) < 4.78 is 5.69. The van der Waals surface area contributed by atoms with Gasteiger partial charge >= 0.3 is 0 Å². The first-order chi connectivity index (χ1) is 14.3. The van der Waals surface area contributed by atoms with Crippen LogP contribution in [0.15, 0.2) is 65.1 Å². The number of carbonyl (C=O) groups is 1. The normalized spacial score (nSPS) is 10.7. The minimum atomic E-state index is -0.503. The van der Waals surface area contributed by atoms with E-state index >= 15 is 0 Å². The Hall–Kier alpha value is -3.49. The number of nitro groups is 1. The summed E-state index contributed by atoms with van der Waals surface area (Å²) in [5, 5.41) is 16.8. The number of hydrogen-bond donors (Lipinski definition) is 2. The van der Waals surface area contributed by atoms with Crippen LogP contribution in [-0.2, 0) is 4.79 Å². The van der Waals surface area contributed by atoms with Crippen LogP contribution in [0, 0.1) is 17.0 Å². The molecule has 2 N–H and O–H groups in total. The monoisotopic (exact) mass is 441 g/mol. The topological polar surface area (TPSA) is 97.4 Å². The summed E-state index contributed by atoms with van der Waals surface area (Å²) in [5.74, 6) is 0.661. The molecular formula is C21H16ClN3O4S. The van der Waals surface area contributed by atoms with Crippen LogP contribution in [0.2, 0.25) is 5.02 Å². The third-order valence-corrected chi connectivity index (χ3v) is 4.53. The van der Waals surface area contributed by atoms with Crippen LogP contribution in [0.3, 0.4) is 0 Å². The number of nitro benzene ring substituents is 1. The number of nitrogens with one attached hydrogen (secondary N) is 2. The summed E-state index contributed by atoms with van der Waals surface area (Å²) in [6.07, 6.45) is 2.79. The fourth-order valence-corrected chi connectivity index (χ4v) is 2.87. The molecule has 0 fully saturated rings. The Bertz CT molecular complexity index is 1140. The summed E-state index contributed by atoms with van der Waals surface area (Å²) in [6, 6.07) is 15.1. The number of aryl methyl sites for hydroxylation is 1. The number of rotatable bonds is 5. The Morgan fingerprint density at radius 1 is 1.17 bits per heavy atom. The van der Waals surface area contributed by atoms with E-state index in [1.165, 1.54) is 24.3 Å². The maximum Gasteiger partial charge on any atom is 0.271 e. The van der Waals surface area contributed by atoms with E-state index < -0.39 is 10.8 Å². The van der Waals surface area contributed by atoms with E-state index in [9.17, 15) is 14.9 Å². The summed E-state index contributed by atoms with van der Waals surface area (Å²) >= 11 is 11.0. The summed E-state index contributed by atoms with van der Waals surface area (Å²) in [6.45, 7) is 1.77. The minimum absolute atomic E-state index is 0.0227. The Morgan fingerprint density at radius 3 is 2.60 bits per heavy atom. The summed E-state index contributed by atoms with van der Waals surface area (Å²) in [4.78, 5) is 22.5. The average molecular weight is 442 g/mol. The van der Waals surface area contributed by atoms with E-state index in [1.54, 1.807) is 37.3 Å². The molecule has 0 aliphatic heterocycles. The molecule has 0 unspecified atom stereocenters. The van der Waals surface area contributed by atoms with Crippen molar-refractivity contribution < 1.29 is 14.1 Å². The van der Waals surface area contributed by atoms with E-state index in [2.05, 4.69) is 10.6 Å². The highest BCUT2D eigenvalue weighted by molar-refractivity contribution is 7.80. The molecule has 0 radical (unpaired) electrons. The molecule has 30 heavy (non-hydrogen) atoms. The van der Waals surface area contributed by atoms with Crippen LogP contribution < -0.4 is 10.6 Å². The van der Waals surface area contributed by atoms with E-state index in [4.69, 9.17) is 28.2 Å². The average Bonchev–Trinajstić information content (AvgIpc) is 3.17. The number of nitrogens with zero attached hydrogens (tertiary/aromatic N) is 1. The van der Waals surface area contributed by atoms with Crippen LogP contribution in [-0.4, -0.2) is 15.9 Å². The fraction of sp³-hybridized carbons (Fsp3) is 0.0476. The Morgan fingerprint density at radius 2 is 1.90 bits per heavy atom. The van der Waals surface area contributed by atoms with Crippen molar-refractivity contribution in [2.75, 3.05) is 5.32 Å². The second-order valence-electron chi connectivity index (χ2n) is 6.24. The van der Waals surface area contributed by atoms with Crippen molar-refractivity contribution in [2.45, 2.75) is 6.92 Å². The second-order valence-corrected chi connectivity index (χ2v) is 7.09. The molecule has 1 heterocycles. The number of carbonyl (C=O) groups excluding carboxylic acids is 1. The third kappa shape index (κ3) is 5.53. The maximum absolute atomic E-state index is 12.1. The molecule has 7 nitrogen and oxygen atoms in total. The van der Waals surface area contributed by atoms with Gasteiger partial charge in [-0.1, -0.05) is 17.7 Å². The van der Waals surface area contributed by atoms with Gasteiger partial charge in [0.2, 0.25) is 5.91 Å². The van der Waals surface area contributed by atoms with Gasteiger partial charge in [0, 0.05) is 34.5 Å². The number of non-ortho nitro benzene ring substituents is 1. The van der Waals surface area contributed by atoms with Gasteiger partial charge in [0.25, 0.3) is 5.69 Å². The lowest BCUT2D eigenvalue weighted by molar-refractivity contribution is -0.384. The molecule has 0 atom stereocenters. The Labute approximate surface area is 182 Å². The second kappa shape index (κ2) is 9.34. The van der Waals surface area contributed by atoms with Crippen molar-refractivity contribution in [1.29, 1.82) is 0 Å². The number of thiocarbonyl (C=S) groups is 1. The lowest BCUT2D eigenvalue weighted by Gasteiger charge is -2.10. The third-order valence-electron chi connectivity index (χ3n) is 4.07. The lowest BCUT2D eigenvalue weighted by Crippen LogP contribution is -2.33. The van der Waals surface area contributed by atoms with E-state index in [0.29, 0.717) is 22.2 Å². The number of anilines is 1. The van der Waals surface area contributed by atoms with Crippen molar-refractivity contribution in [3.63, 3.8) is 0 Å². The highest BCUT2D eigenvalue weighted by Gasteiger charge is 2.10. The molecule has 9 heteroatoms. The number of hydrogen-bond acceptors (Lipinski definition) is 5. The minimum Gasteiger partial charge on any atom is -0.457 e. The van der Waals surface area contributed by atoms with Crippen molar-refractivity contribution in [2.24, 2.45) is 0 Å². The van der Waals surface area contributed by atoms with Gasteiger partial charge in [-0.05, 0) is 67.2 Å². The van der Waals surface area contributed by atoms with Gasteiger partial charge in [-0.2, -0.15) is 0 Å². The van der Waals surface area contributed by atoms with Gasteiger partial charge in [0.15, 0.2) is 5.11 Å². The van der Waals surface area contributed by atoms with Gasteiger partial charge in [-0.15, -0.1) is 0 Å². The smallest absolute Gasteiger partial charge is 0.271 e. The zero-order valence-corrected chi connectivity index (χ0v) is 17.3. The molecule has 3 rings (SSSR count). The number of benzene rings is 2. The molecule has 2 aromatic carbocycles. The summed E-state index contributed by atoms with van der Waals surface area (Å²) in [5.41, 5.74) is 1.97. The highest BCUT2D eigenvalue weighted by atomic mass is 35.5. The Kier molecular flexibility index (Phi) is 6.61. The molecule has 0 bridgehead atoms. The molecular weight excluding hydrogens is 426 g/mol. The van der Waals surface area contributed by atoms with Gasteiger partial charge in [-0.25, -0.2) is 0 Å². The highest BCUT2D eigenvalue weighted by Crippen LogP contribution is 2.24. The van der Waals surface area contributed by atoms with E-state index in [1.807, 2.05) is 12.1 Å². The molecule has 3 aromatic rings. The van der Waals surface area contributed by atoms with Crippen molar-refractivity contribution in [3.05, 3.63) is 87.1 Å². The molecule has 1 aromatic heterocycles. The SMILES string of the molecule is Cc1ccc([N+](=O)[O-])cc1NC(=S)NC(=O)C=Cc1ccc(-c2ccc(Cl)cc2)o1. The molecule has 0 saturated heterocycles. The van der Waals surface area contributed by atoms with Crippen molar-refractivity contribution in [1.82, 2.24) is 5.32 Å². The van der Waals surface area contributed by atoms with Gasteiger partial charge < -0.3 is 9.73 Å². The molecule has 0 aliphatic rings. The first-order valence-corrected chi connectivity index (χ1v) is 9.51. The zero-order chi connectivity index (χ0) is 21.7. The number of amides is 1. The molecule has 152 valence electrons. The molecule has 0 saturated carbocycles. The number of halogens is 1. The predicted octanol–water partition coefficient (Wildman–Crippen LogP) is 5.34. The molecule has 0 aliphatic carbocycles. The van der Waals surface area contributed by atoms with E-state index in [-0.39, 0.29) is 10.8 Å². The standard InChI is InChI=1S/C21H16ClN3O4S/c1-13-2-7-16(25(27)28)12-18(13)23-21(30)24-20(26)11-9-17-8-10-19(29-17)14-3-5-15(22)6-4-14/h2-12H,1H3,(H2,23,24,26,30). The zero-order valence-electron chi connectivity index (χ0n) is 15.7. The number of furan rings is 1. The summed E-state index contributed by atoms with van der Waals surface area (Å²) in [7, 11) is 0. The van der Waals surface area contributed by atoms with Crippen LogP contribution in [0.25, 0.3) is 17.4 Å². The largest absolute Gasteiger partial charge is 0.457 e. The first-order valence-electron chi connectivity index (χ1n) is 8.73. The van der Waals surface area contributed by atoms with Crippen molar-refractivity contribution >= 4 is 52.3 Å². The lowest BCUT2D eigenvalue weighted by atomic mass is 10.2. The quantitative estimate of drug-likeness (QED) is 0.240. The maximum atomic E-state index is 12.1. The van der Waals surface area contributed by atoms with Crippen LogP contribution >= 0.6 is 23.8 Å². The predicted molar refractivity (Wildman–Crippen MR) is 120 cm³/mol. The van der Waals surface area contributed by atoms with E-state index in [0.717, 1.165) is 11.1 Å². The Balaban J connectivity index is 1.60. The molecule has 0 spiro atoms. The molecule has 1 amide bonds. The first kappa shape index (κ1) is 21.2. The van der Waals surface area contributed by atoms with Gasteiger partial charge in [-0.3, -0.25) is 20.2 Å². The van der Waals surface area contributed by atoms with Crippen molar-refractivity contribution in [3.8, 4) is 11.3 Å². The fourth-order valence-electron chi connectivity index (χ4n) is 2.53. The van der Waals surface area contributed by atoms with Gasteiger partial charge in [0.1, 0.15) is 11.5 Å². The van der Waals surface area contributed by atoms with Crippen LogP contribution in [0.4, 0.5) is 11.4 Å². The van der Waals surface area contributed by atoms with Crippen LogP contribution in [0.1, 0.15) is 11.3 Å².